The number of nitrogens with zero attached hydrogens (tertiary/aromatic N) is 2. The topological polar surface area (TPSA) is 107 Å². The van der Waals surface area contributed by atoms with Crippen molar-refractivity contribution in [3.8, 4) is 0 Å². The molecule has 0 fully saturated rings. The molecule has 1 heterocycles. The highest BCUT2D eigenvalue weighted by atomic mass is 32.2. The highest BCUT2D eigenvalue weighted by Crippen LogP contribution is 2.17. The van der Waals surface area contributed by atoms with Gasteiger partial charge in [0.15, 0.2) is 5.16 Å². The fourth-order valence-electron chi connectivity index (χ4n) is 2.36. The summed E-state index contributed by atoms with van der Waals surface area (Å²) in [6.07, 6.45) is 3.09. The van der Waals surface area contributed by atoms with Crippen molar-refractivity contribution in [2.75, 3.05) is 18.1 Å². The molecule has 0 aliphatic heterocycles. The molecule has 0 unspecified atom stereocenters. The number of carbonyl (C=O) groups is 2. The van der Waals surface area contributed by atoms with Crippen LogP contribution in [0.4, 0.5) is 5.82 Å². The third-order valence-electron chi connectivity index (χ3n) is 3.74. The second kappa shape index (κ2) is 10.5. The molecule has 0 spiro atoms. The summed E-state index contributed by atoms with van der Waals surface area (Å²) < 4.78 is 4.88. The Morgan fingerprint density at radius 3 is 2.70 bits per heavy atom. The molecule has 0 saturated heterocycles. The number of ether oxygens (including phenoxy) is 1. The number of aryl methyl sites for hydroxylation is 1. The van der Waals surface area contributed by atoms with Crippen LogP contribution in [0.5, 0.6) is 0 Å². The number of nitrogens with one attached hydrogen (secondary N) is 1. The lowest BCUT2D eigenvalue weighted by atomic mass is 10.1. The zero-order valence-corrected chi connectivity index (χ0v) is 16.3. The van der Waals surface area contributed by atoms with Crippen LogP contribution >= 0.6 is 11.8 Å². The Morgan fingerprint density at radius 2 is 2.04 bits per heavy atom. The van der Waals surface area contributed by atoms with Gasteiger partial charge in [-0.3, -0.25) is 4.79 Å². The van der Waals surface area contributed by atoms with Gasteiger partial charge in [-0.15, -0.1) is 0 Å². The summed E-state index contributed by atoms with van der Waals surface area (Å²) in [7, 11) is 0. The van der Waals surface area contributed by atoms with Crippen LogP contribution < -0.4 is 11.1 Å². The van der Waals surface area contributed by atoms with Gasteiger partial charge in [0.25, 0.3) is 0 Å². The van der Waals surface area contributed by atoms with Crippen molar-refractivity contribution >= 4 is 29.5 Å². The van der Waals surface area contributed by atoms with Gasteiger partial charge in [0.2, 0.25) is 5.91 Å². The third kappa shape index (κ3) is 6.90. The number of aromatic nitrogens is 2. The summed E-state index contributed by atoms with van der Waals surface area (Å²) >= 11 is 1.17. The molecular formula is C19H24N4O3S. The van der Waals surface area contributed by atoms with Crippen molar-refractivity contribution in [3.63, 3.8) is 0 Å². The fourth-order valence-corrected chi connectivity index (χ4v) is 2.99. The average Bonchev–Trinajstić information content (AvgIpc) is 2.66. The number of thioether (sulfide) groups is 1. The van der Waals surface area contributed by atoms with Gasteiger partial charge in [0, 0.05) is 12.2 Å². The van der Waals surface area contributed by atoms with Crippen LogP contribution in [0.3, 0.4) is 0 Å². The van der Waals surface area contributed by atoms with Crippen molar-refractivity contribution in [1.29, 1.82) is 0 Å². The smallest absolute Gasteiger partial charge is 0.343 e. The van der Waals surface area contributed by atoms with Gasteiger partial charge in [-0.1, -0.05) is 42.1 Å². The molecule has 1 aromatic heterocycles. The molecule has 7 nitrogen and oxygen atoms in total. The van der Waals surface area contributed by atoms with Crippen molar-refractivity contribution in [2.24, 2.45) is 0 Å². The van der Waals surface area contributed by atoms with Crippen LogP contribution in [0.2, 0.25) is 0 Å². The van der Waals surface area contributed by atoms with E-state index in [-0.39, 0.29) is 35.7 Å². The number of nitrogens with two attached hydrogens (primary N) is 1. The molecule has 2 aromatic rings. The molecule has 1 amide bonds. The normalized spacial score (nSPS) is 11.6. The zero-order chi connectivity index (χ0) is 19.6. The number of esters is 1. The molecule has 144 valence electrons. The minimum Gasteiger partial charge on any atom is -0.462 e. The predicted octanol–water partition coefficient (Wildman–Crippen LogP) is 2.47. The highest BCUT2D eigenvalue weighted by Gasteiger charge is 2.15. The molecule has 2 rings (SSSR count). The molecule has 0 aliphatic rings. The average molecular weight is 388 g/mol. The number of amides is 1. The van der Waals surface area contributed by atoms with Gasteiger partial charge in [-0.25, -0.2) is 14.8 Å². The molecule has 0 radical (unpaired) electrons. The summed E-state index contributed by atoms with van der Waals surface area (Å²) in [6.45, 7) is 3.93. The molecule has 0 bridgehead atoms. The lowest BCUT2D eigenvalue weighted by molar-refractivity contribution is -0.119. The predicted molar refractivity (Wildman–Crippen MR) is 105 cm³/mol. The van der Waals surface area contributed by atoms with E-state index in [9.17, 15) is 9.59 Å². The minimum atomic E-state index is -0.559. The standard InChI is InChI=1S/C19H24N4O3S/c1-3-26-18(25)15-11-21-19(23-17(15)20)27-12-16(24)22-13(2)9-10-14-7-5-4-6-8-14/h4-8,11,13H,3,9-10,12H2,1-2H3,(H,22,24)(H2,20,21,23)/t13-/m1/s1. The van der Waals surface area contributed by atoms with Crippen molar-refractivity contribution < 1.29 is 14.3 Å². The van der Waals surface area contributed by atoms with Gasteiger partial charge in [0.1, 0.15) is 11.4 Å². The summed E-state index contributed by atoms with van der Waals surface area (Å²) in [5, 5.41) is 3.30. The first-order chi connectivity index (χ1) is 13.0. The zero-order valence-electron chi connectivity index (χ0n) is 15.5. The molecular weight excluding hydrogens is 364 g/mol. The van der Waals surface area contributed by atoms with Crippen molar-refractivity contribution in [1.82, 2.24) is 15.3 Å². The Hall–Kier alpha value is -2.61. The van der Waals surface area contributed by atoms with Crippen LogP contribution in [0, 0.1) is 0 Å². The van der Waals surface area contributed by atoms with E-state index in [0.29, 0.717) is 5.16 Å². The van der Waals surface area contributed by atoms with Gasteiger partial charge >= 0.3 is 5.97 Å². The first kappa shape index (κ1) is 20.7. The highest BCUT2D eigenvalue weighted by molar-refractivity contribution is 7.99. The monoisotopic (exact) mass is 388 g/mol. The Balaban J connectivity index is 1.77. The summed E-state index contributed by atoms with van der Waals surface area (Å²) in [6, 6.07) is 10.2. The van der Waals surface area contributed by atoms with Crippen LogP contribution in [0.15, 0.2) is 41.7 Å². The number of hydrogen-bond donors (Lipinski definition) is 2. The van der Waals surface area contributed by atoms with E-state index in [2.05, 4.69) is 27.4 Å². The van der Waals surface area contributed by atoms with E-state index < -0.39 is 5.97 Å². The van der Waals surface area contributed by atoms with Crippen LogP contribution in [-0.2, 0) is 16.0 Å². The van der Waals surface area contributed by atoms with Gasteiger partial charge in [-0.2, -0.15) is 0 Å². The summed E-state index contributed by atoms with van der Waals surface area (Å²) in [5.74, 6) is -0.440. The Bertz CT molecular complexity index is 771. The molecule has 1 aromatic carbocycles. The number of benzene rings is 1. The Morgan fingerprint density at radius 1 is 1.30 bits per heavy atom. The van der Waals surface area contributed by atoms with E-state index in [4.69, 9.17) is 10.5 Å². The van der Waals surface area contributed by atoms with Crippen LogP contribution in [0.25, 0.3) is 0 Å². The quantitative estimate of drug-likeness (QED) is 0.386. The van der Waals surface area contributed by atoms with E-state index in [0.717, 1.165) is 12.8 Å². The second-order valence-corrected chi connectivity index (χ2v) is 6.90. The molecule has 27 heavy (non-hydrogen) atoms. The summed E-state index contributed by atoms with van der Waals surface area (Å²) in [5.41, 5.74) is 7.14. The number of anilines is 1. The number of nitrogen functional groups attached to an aromatic ring is 1. The maximum absolute atomic E-state index is 12.1. The Kier molecular flexibility index (Phi) is 8.06. The van der Waals surface area contributed by atoms with Crippen LogP contribution in [-0.4, -0.2) is 40.2 Å². The number of carbonyl (C=O) groups excluding carboxylic acids is 2. The SMILES string of the molecule is CCOC(=O)c1cnc(SCC(=O)N[C@H](C)CCc2ccccc2)nc1N. The summed E-state index contributed by atoms with van der Waals surface area (Å²) in [4.78, 5) is 31.9. The van der Waals surface area contributed by atoms with Crippen LogP contribution in [0.1, 0.15) is 36.2 Å². The lowest BCUT2D eigenvalue weighted by Crippen LogP contribution is -2.34. The van der Waals surface area contributed by atoms with Gasteiger partial charge in [0.05, 0.1) is 12.4 Å². The van der Waals surface area contributed by atoms with E-state index >= 15 is 0 Å². The number of hydrogen-bond acceptors (Lipinski definition) is 7. The Labute approximate surface area is 163 Å². The van der Waals surface area contributed by atoms with E-state index in [1.165, 1.54) is 23.5 Å². The molecule has 3 N–H and O–H groups in total. The molecule has 0 aliphatic carbocycles. The lowest BCUT2D eigenvalue weighted by Gasteiger charge is -2.13. The van der Waals surface area contributed by atoms with E-state index in [1.54, 1.807) is 6.92 Å². The third-order valence-corrected chi connectivity index (χ3v) is 4.60. The van der Waals surface area contributed by atoms with Crippen molar-refractivity contribution in [2.45, 2.75) is 37.9 Å². The largest absolute Gasteiger partial charge is 0.462 e. The first-order valence-corrected chi connectivity index (χ1v) is 9.73. The minimum absolute atomic E-state index is 0.0441. The van der Waals surface area contributed by atoms with Gasteiger partial charge in [-0.05, 0) is 32.3 Å². The van der Waals surface area contributed by atoms with Gasteiger partial charge < -0.3 is 15.8 Å². The molecule has 0 saturated carbocycles. The number of rotatable bonds is 9. The first-order valence-electron chi connectivity index (χ1n) is 8.75. The molecule has 8 heteroatoms. The second-order valence-electron chi connectivity index (χ2n) is 5.95. The molecule has 1 atom stereocenters. The maximum atomic E-state index is 12.1. The fraction of sp³-hybridized carbons (Fsp3) is 0.368. The van der Waals surface area contributed by atoms with E-state index in [1.807, 2.05) is 25.1 Å². The maximum Gasteiger partial charge on any atom is 0.343 e. The van der Waals surface area contributed by atoms with Crippen molar-refractivity contribution in [3.05, 3.63) is 47.7 Å².